The Balaban J connectivity index is 1.58. The zero-order valence-electron chi connectivity index (χ0n) is 13.4. The first-order valence-corrected chi connectivity index (χ1v) is 8.38. The second-order valence-corrected chi connectivity index (χ2v) is 6.32. The summed E-state index contributed by atoms with van der Waals surface area (Å²) in [6.07, 6.45) is 1.68. The average Bonchev–Trinajstić information content (AvgIpc) is 3.14. The van der Waals surface area contributed by atoms with Crippen LogP contribution >= 0.6 is 11.8 Å². The molecule has 1 N–H and O–H groups in total. The predicted molar refractivity (Wildman–Crippen MR) is 92.7 cm³/mol. The maximum absolute atomic E-state index is 12.3. The predicted octanol–water partition coefficient (Wildman–Crippen LogP) is 2.45. The van der Waals surface area contributed by atoms with E-state index in [2.05, 4.69) is 10.5 Å². The fraction of sp³-hybridized carbons (Fsp3) is 0.176. The Kier molecular flexibility index (Phi) is 4.99. The van der Waals surface area contributed by atoms with E-state index in [1.54, 1.807) is 13.0 Å². The Morgan fingerprint density at radius 3 is 2.76 bits per heavy atom. The van der Waals surface area contributed by atoms with E-state index in [0.717, 1.165) is 22.2 Å². The molecule has 0 radical (unpaired) electrons. The van der Waals surface area contributed by atoms with E-state index in [4.69, 9.17) is 4.52 Å². The van der Waals surface area contributed by atoms with E-state index in [-0.39, 0.29) is 29.9 Å². The minimum atomic E-state index is -0.413. The summed E-state index contributed by atoms with van der Waals surface area (Å²) < 4.78 is 4.83. The van der Waals surface area contributed by atoms with E-state index in [9.17, 15) is 14.4 Å². The fourth-order valence-corrected chi connectivity index (χ4v) is 3.10. The lowest BCUT2D eigenvalue weighted by atomic mass is 10.2. The van der Waals surface area contributed by atoms with Crippen LogP contribution in [-0.4, -0.2) is 40.2 Å². The number of amides is 3. The van der Waals surface area contributed by atoms with Crippen LogP contribution in [-0.2, 0) is 4.79 Å². The molecule has 7 nitrogen and oxygen atoms in total. The topological polar surface area (TPSA) is 92.5 Å². The number of rotatable bonds is 5. The van der Waals surface area contributed by atoms with Gasteiger partial charge in [0.2, 0.25) is 0 Å². The van der Waals surface area contributed by atoms with Gasteiger partial charge in [-0.3, -0.25) is 19.3 Å². The van der Waals surface area contributed by atoms with Crippen LogP contribution in [0.3, 0.4) is 0 Å². The van der Waals surface area contributed by atoms with E-state index in [1.807, 2.05) is 30.3 Å². The number of carbonyl (C=O) groups excluding carboxylic acids is 3. The van der Waals surface area contributed by atoms with E-state index in [0.29, 0.717) is 10.7 Å². The van der Waals surface area contributed by atoms with Crippen molar-refractivity contribution in [1.29, 1.82) is 0 Å². The highest BCUT2D eigenvalue weighted by molar-refractivity contribution is 8.18. The first-order valence-electron chi connectivity index (χ1n) is 7.56. The van der Waals surface area contributed by atoms with Crippen molar-refractivity contribution in [3.8, 4) is 0 Å². The normalized spacial score (nSPS) is 15.9. The third-order valence-corrected chi connectivity index (χ3v) is 4.36. The van der Waals surface area contributed by atoms with Crippen LogP contribution in [0.5, 0.6) is 0 Å². The second-order valence-electron chi connectivity index (χ2n) is 5.32. The van der Waals surface area contributed by atoms with E-state index in [1.165, 1.54) is 6.07 Å². The number of aromatic nitrogens is 1. The summed E-state index contributed by atoms with van der Waals surface area (Å²) in [7, 11) is 0. The van der Waals surface area contributed by atoms with Gasteiger partial charge < -0.3 is 9.84 Å². The fourth-order valence-electron chi connectivity index (χ4n) is 2.24. The van der Waals surface area contributed by atoms with E-state index < -0.39 is 5.91 Å². The van der Waals surface area contributed by atoms with Gasteiger partial charge in [-0.05, 0) is 30.3 Å². The van der Waals surface area contributed by atoms with Gasteiger partial charge in [0.15, 0.2) is 5.69 Å². The molecule has 1 fully saturated rings. The Labute approximate surface area is 148 Å². The molecule has 1 aliphatic heterocycles. The van der Waals surface area contributed by atoms with Crippen LogP contribution in [0.4, 0.5) is 4.79 Å². The molecule has 1 aliphatic rings. The molecular weight excluding hydrogens is 342 g/mol. The number of aryl methyl sites for hydroxylation is 1. The quantitative estimate of drug-likeness (QED) is 0.826. The van der Waals surface area contributed by atoms with Crippen molar-refractivity contribution in [3.05, 3.63) is 58.3 Å². The highest BCUT2D eigenvalue weighted by Crippen LogP contribution is 2.31. The minimum Gasteiger partial charge on any atom is -0.361 e. The second kappa shape index (κ2) is 7.35. The van der Waals surface area contributed by atoms with Gasteiger partial charge in [0, 0.05) is 19.2 Å². The first kappa shape index (κ1) is 17.0. The molecule has 0 saturated carbocycles. The lowest BCUT2D eigenvalue weighted by Gasteiger charge is -2.12. The number of nitrogens with one attached hydrogen (secondary N) is 1. The van der Waals surface area contributed by atoms with Gasteiger partial charge in [0.1, 0.15) is 5.76 Å². The van der Waals surface area contributed by atoms with Gasteiger partial charge in [0.25, 0.3) is 17.1 Å². The van der Waals surface area contributed by atoms with Crippen molar-refractivity contribution in [1.82, 2.24) is 15.4 Å². The molecule has 1 saturated heterocycles. The molecule has 0 unspecified atom stereocenters. The SMILES string of the molecule is Cc1cc(C(=O)NCCN2C(=O)S/C(=C\c3ccccc3)C2=O)no1. The third-order valence-electron chi connectivity index (χ3n) is 3.45. The summed E-state index contributed by atoms with van der Waals surface area (Å²) in [6.45, 7) is 1.92. The molecule has 25 heavy (non-hydrogen) atoms. The lowest BCUT2D eigenvalue weighted by molar-refractivity contribution is -0.122. The molecule has 0 atom stereocenters. The monoisotopic (exact) mass is 357 g/mol. The Bertz CT molecular complexity index is 845. The number of nitrogens with zero attached hydrogens (tertiary/aromatic N) is 2. The molecule has 1 aromatic heterocycles. The Morgan fingerprint density at radius 2 is 2.08 bits per heavy atom. The van der Waals surface area contributed by atoms with Gasteiger partial charge >= 0.3 is 0 Å². The van der Waals surface area contributed by atoms with Crippen molar-refractivity contribution in [2.45, 2.75) is 6.92 Å². The van der Waals surface area contributed by atoms with Crippen LogP contribution in [0.15, 0.2) is 45.8 Å². The van der Waals surface area contributed by atoms with Crippen LogP contribution in [0.25, 0.3) is 6.08 Å². The zero-order chi connectivity index (χ0) is 17.8. The van der Waals surface area contributed by atoms with Crippen molar-refractivity contribution >= 4 is 34.9 Å². The van der Waals surface area contributed by atoms with Gasteiger partial charge in [0.05, 0.1) is 4.91 Å². The number of hydrogen-bond acceptors (Lipinski definition) is 6. The summed E-state index contributed by atoms with van der Waals surface area (Å²) in [5.41, 5.74) is 1.01. The molecular formula is C17H15N3O4S. The highest BCUT2D eigenvalue weighted by Gasteiger charge is 2.34. The summed E-state index contributed by atoms with van der Waals surface area (Å²) in [5.74, 6) is -0.240. The standard InChI is InChI=1S/C17H15N3O4S/c1-11-9-13(19-24-11)15(21)18-7-8-20-16(22)14(25-17(20)23)10-12-5-3-2-4-6-12/h2-6,9-10H,7-8H2,1H3,(H,18,21)/b14-10-. The maximum atomic E-state index is 12.3. The Morgan fingerprint density at radius 1 is 1.32 bits per heavy atom. The summed E-state index contributed by atoms with van der Waals surface area (Å²) in [6, 6.07) is 10.8. The van der Waals surface area contributed by atoms with Crippen LogP contribution in [0.1, 0.15) is 21.8 Å². The summed E-state index contributed by atoms with van der Waals surface area (Å²) in [4.78, 5) is 37.7. The van der Waals surface area contributed by atoms with Crippen molar-refractivity contribution in [2.75, 3.05) is 13.1 Å². The number of thioether (sulfide) groups is 1. The number of hydrogen-bond donors (Lipinski definition) is 1. The lowest BCUT2D eigenvalue weighted by Crippen LogP contribution is -2.37. The molecule has 2 aromatic rings. The van der Waals surface area contributed by atoms with Crippen molar-refractivity contribution < 1.29 is 18.9 Å². The zero-order valence-corrected chi connectivity index (χ0v) is 14.2. The molecule has 1 aromatic carbocycles. The highest BCUT2D eigenvalue weighted by atomic mass is 32.2. The summed E-state index contributed by atoms with van der Waals surface area (Å²) in [5, 5.41) is 5.87. The van der Waals surface area contributed by atoms with Gasteiger partial charge in [-0.25, -0.2) is 0 Å². The third kappa shape index (κ3) is 3.97. The average molecular weight is 357 g/mol. The number of carbonyl (C=O) groups is 3. The molecule has 3 amide bonds. The van der Waals surface area contributed by atoms with Crippen LogP contribution in [0.2, 0.25) is 0 Å². The smallest absolute Gasteiger partial charge is 0.293 e. The molecule has 3 rings (SSSR count). The molecule has 0 spiro atoms. The first-order chi connectivity index (χ1) is 12.0. The number of benzene rings is 1. The van der Waals surface area contributed by atoms with Crippen molar-refractivity contribution in [3.63, 3.8) is 0 Å². The molecule has 0 aliphatic carbocycles. The maximum Gasteiger partial charge on any atom is 0.293 e. The Hall–Kier alpha value is -2.87. The molecule has 0 bridgehead atoms. The van der Waals surface area contributed by atoms with Gasteiger partial charge in [-0.15, -0.1) is 0 Å². The van der Waals surface area contributed by atoms with E-state index >= 15 is 0 Å². The molecule has 128 valence electrons. The van der Waals surface area contributed by atoms with Crippen molar-refractivity contribution in [2.24, 2.45) is 0 Å². The van der Waals surface area contributed by atoms with Gasteiger partial charge in [-0.1, -0.05) is 35.5 Å². The van der Waals surface area contributed by atoms with Crippen LogP contribution < -0.4 is 5.32 Å². The van der Waals surface area contributed by atoms with Gasteiger partial charge in [-0.2, -0.15) is 0 Å². The van der Waals surface area contributed by atoms with Crippen LogP contribution in [0, 0.1) is 6.92 Å². The molecule has 2 heterocycles. The minimum absolute atomic E-state index is 0.0966. The summed E-state index contributed by atoms with van der Waals surface area (Å²) >= 11 is 0.894. The largest absolute Gasteiger partial charge is 0.361 e. The molecule has 8 heteroatoms. The number of imide groups is 1.